The number of pyridine rings is 1. The second kappa shape index (κ2) is 9.71. The molecule has 2 aromatic heterocycles. The smallest absolute Gasteiger partial charge is 0.340 e. The Morgan fingerprint density at radius 3 is 2.77 bits per heavy atom. The van der Waals surface area contributed by atoms with Gasteiger partial charge in [-0.15, -0.1) is 0 Å². The number of nitrogens with one attached hydrogen (secondary N) is 1. The second-order valence-corrected chi connectivity index (χ2v) is 9.86. The summed E-state index contributed by atoms with van der Waals surface area (Å²) in [5.74, 6) is -0.862. The SMILES string of the molecule is CCC(OC(=O)c1c2c(nc3ccccc13)CCN(CC)C2)C(=O)Nc1nc2ccc(C)cc2s1. The van der Waals surface area contributed by atoms with E-state index in [-0.39, 0.29) is 5.91 Å². The molecule has 0 aliphatic carbocycles. The number of anilines is 1. The fourth-order valence-electron chi connectivity index (χ4n) is 4.53. The Balaban J connectivity index is 1.42. The molecule has 1 unspecified atom stereocenters. The number of ether oxygens (including phenoxy) is 1. The minimum atomic E-state index is -0.926. The number of fused-ring (bicyclic) bond motifs is 3. The zero-order valence-electron chi connectivity index (χ0n) is 20.1. The van der Waals surface area contributed by atoms with Crippen LogP contribution >= 0.6 is 11.3 Å². The summed E-state index contributed by atoms with van der Waals surface area (Å²) in [4.78, 5) is 38.2. The predicted molar refractivity (Wildman–Crippen MR) is 139 cm³/mol. The number of carbonyl (C=O) groups excluding carboxylic acids is 2. The van der Waals surface area contributed by atoms with Gasteiger partial charge in [0.1, 0.15) is 0 Å². The molecule has 1 aliphatic rings. The van der Waals surface area contributed by atoms with E-state index in [1.807, 2.05) is 56.3 Å². The Bertz CT molecular complexity index is 1430. The summed E-state index contributed by atoms with van der Waals surface area (Å²) in [6.07, 6.45) is 0.210. The van der Waals surface area contributed by atoms with Crippen molar-refractivity contribution in [1.82, 2.24) is 14.9 Å². The average molecular weight is 489 g/mol. The lowest BCUT2D eigenvalue weighted by atomic mass is 9.95. The van der Waals surface area contributed by atoms with Crippen LogP contribution in [0.25, 0.3) is 21.1 Å². The van der Waals surface area contributed by atoms with Crippen LogP contribution < -0.4 is 5.32 Å². The summed E-state index contributed by atoms with van der Waals surface area (Å²) < 4.78 is 6.84. The molecule has 5 rings (SSSR count). The number of benzene rings is 2. The first-order chi connectivity index (χ1) is 17.0. The molecule has 2 aromatic carbocycles. The lowest BCUT2D eigenvalue weighted by Crippen LogP contribution is -2.35. The molecule has 0 bridgehead atoms. The van der Waals surface area contributed by atoms with Gasteiger partial charge in [-0.25, -0.2) is 9.78 Å². The summed E-state index contributed by atoms with van der Waals surface area (Å²) in [5, 5.41) is 4.10. The molecular formula is C27H28N4O3S. The number of hydrogen-bond donors (Lipinski definition) is 1. The van der Waals surface area contributed by atoms with Crippen molar-refractivity contribution in [2.24, 2.45) is 0 Å². The molecule has 8 heteroatoms. The number of nitrogens with zero attached hydrogens (tertiary/aromatic N) is 3. The van der Waals surface area contributed by atoms with E-state index in [9.17, 15) is 9.59 Å². The van der Waals surface area contributed by atoms with Gasteiger partial charge in [-0.1, -0.05) is 49.4 Å². The maximum absolute atomic E-state index is 13.6. The molecule has 35 heavy (non-hydrogen) atoms. The third-order valence-corrected chi connectivity index (χ3v) is 7.40. The monoisotopic (exact) mass is 488 g/mol. The zero-order valence-corrected chi connectivity index (χ0v) is 20.9. The molecule has 0 radical (unpaired) electrons. The van der Waals surface area contributed by atoms with Crippen LogP contribution in [-0.4, -0.2) is 45.9 Å². The van der Waals surface area contributed by atoms with E-state index in [0.29, 0.717) is 23.7 Å². The third-order valence-electron chi connectivity index (χ3n) is 6.46. The molecule has 4 aromatic rings. The van der Waals surface area contributed by atoms with Gasteiger partial charge in [-0.2, -0.15) is 0 Å². The van der Waals surface area contributed by atoms with E-state index in [1.165, 1.54) is 11.3 Å². The van der Waals surface area contributed by atoms with Gasteiger partial charge < -0.3 is 4.74 Å². The highest BCUT2D eigenvalue weighted by atomic mass is 32.1. The molecule has 3 heterocycles. The van der Waals surface area contributed by atoms with Crippen LogP contribution in [-0.2, 0) is 22.5 Å². The number of aromatic nitrogens is 2. The average Bonchev–Trinajstić information content (AvgIpc) is 3.26. The molecule has 0 fully saturated rings. The van der Waals surface area contributed by atoms with Crippen molar-refractivity contribution in [2.45, 2.75) is 46.3 Å². The predicted octanol–water partition coefficient (Wildman–Crippen LogP) is 5.11. The molecule has 7 nitrogen and oxygen atoms in total. The number of likely N-dealkylation sites (N-methyl/N-ethyl adjacent to an activating group) is 1. The van der Waals surface area contributed by atoms with Crippen LogP contribution in [0.3, 0.4) is 0 Å². The normalized spacial score (nSPS) is 14.6. The van der Waals surface area contributed by atoms with Crippen LogP contribution in [0.4, 0.5) is 5.13 Å². The molecule has 1 amide bonds. The Kier molecular flexibility index (Phi) is 6.49. The van der Waals surface area contributed by atoms with E-state index < -0.39 is 12.1 Å². The maximum atomic E-state index is 13.6. The van der Waals surface area contributed by atoms with E-state index >= 15 is 0 Å². The van der Waals surface area contributed by atoms with Crippen molar-refractivity contribution < 1.29 is 14.3 Å². The van der Waals surface area contributed by atoms with Gasteiger partial charge in [0.05, 0.1) is 21.3 Å². The Labute approximate surface area is 208 Å². The number of carbonyl (C=O) groups is 2. The number of thiazole rings is 1. The summed E-state index contributed by atoms with van der Waals surface area (Å²) in [6.45, 7) is 8.40. The van der Waals surface area contributed by atoms with E-state index in [1.54, 1.807) is 0 Å². The van der Waals surface area contributed by atoms with Crippen LogP contribution in [0, 0.1) is 6.92 Å². The van der Waals surface area contributed by atoms with Crippen LogP contribution in [0.2, 0.25) is 0 Å². The topological polar surface area (TPSA) is 84.4 Å². The fraction of sp³-hybridized carbons (Fsp3) is 0.333. The third kappa shape index (κ3) is 4.63. The van der Waals surface area contributed by atoms with E-state index in [2.05, 4.69) is 22.1 Å². The van der Waals surface area contributed by atoms with Gasteiger partial charge in [-0.05, 0) is 43.7 Å². The number of hydrogen-bond acceptors (Lipinski definition) is 7. The maximum Gasteiger partial charge on any atom is 0.340 e. The molecule has 180 valence electrons. The van der Waals surface area contributed by atoms with E-state index in [4.69, 9.17) is 9.72 Å². The van der Waals surface area contributed by atoms with Gasteiger partial charge >= 0.3 is 5.97 Å². The van der Waals surface area contributed by atoms with Crippen molar-refractivity contribution in [1.29, 1.82) is 0 Å². The summed E-state index contributed by atoms with van der Waals surface area (Å²) in [5.41, 5.74) is 5.09. The summed E-state index contributed by atoms with van der Waals surface area (Å²) in [7, 11) is 0. The minimum absolute atomic E-state index is 0.355. The van der Waals surface area contributed by atoms with Crippen molar-refractivity contribution in [2.75, 3.05) is 18.4 Å². The molecule has 1 N–H and O–H groups in total. The first-order valence-electron chi connectivity index (χ1n) is 12.0. The quantitative estimate of drug-likeness (QED) is 0.380. The molecule has 0 saturated carbocycles. The fourth-order valence-corrected chi connectivity index (χ4v) is 5.50. The minimum Gasteiger partial charge on any atom is -0.449 e. The van der Waals surface area contributed by atoms with Crippen molar-refractivity contribution in [3.8, 4) is 0 Å². The van der Waals surface area contributed by atoms with Crippen LogP contribution in [0.5, 0.6) is 0 Å². The zero-order chi connectivity index (χ0) is 24.5. The Morgan fingerprint density at radius 1 is 1.14 bits per heavy atom. The highest BCUT2D eigenvalue weighted by Crippen LogP contribution is 2.30. The second-order valence-electron chi connectivity index (χ2n) is 8.83. The van der Waals surface area contributed by atoms with Gasteiger partial charge in [-0.3, -0.25) is 20.0 Å². The summed E-state index contributed by atoms with van der Waals surface area (Å²) >= 11 is 1.41. The Hall–Kier alpha value is -3.36. The van der Waals surface area contributed by atoms with Gasteiger partial charge in [0.2, 0.25) is 0 Å². The molecule has 0 saturated heterocycles. The first kappa shape index (κ1) is 23.4. The van der Waals surface area contributed by atoms with Crippen LogP contribution in [0.1, 0.15) is 47.4 Å². The highest BCUT2D eigenvalue weighted by molar-refractivity contribution is 7.22. The highest BCUT2D eigenvalue weighted by Gasteiger charge is 2.29. The number of esters is 1. The van der Waals surface area contributed by atoms with Gasteiger partial charge in [0.25, 0.3) is 5.91 Å². The van der Waals surface area contributed by atoms with Crippen molar-refractivity contribution >= 4 is 49.5 Å². The Morgan fingerprint density at radius 2 is 1.97 bits per heavy atom. The number of aryl methyl sites for hydroxylation is 1. The number of para-hydroxylation sites is 1. The van der Waals surface area contributed by atoms with Gasteiger partial charge in [0.15, 0.2) is 11.2 Å². The standard InChI is InChI=1S/C27H28N4O3S/c1-4-22(25(32)30-27-29-21-11-10-16(3)14-23(21)35-27)34-26(33)24-17-8-6-7-9-19(17)28-20-12-13-31(5-2)15-18(20)24/h6-11,14,22H,4-5,12-13,15H2,1-3H3,(H,29,30,32). The van der Waals surface area contributed by atoms with E-state index in [0.717, 1.165) is 57.5 Å². The van der Waals surface area contributed by atoms with Crippen molar-refractivity contribution in [3.63, 3.8) is 0 Å². The van der Waals surface area contributed by atoms with Crippen molar-refractivity contribution in [3.05, 3.63) is 64.8 Å². The molecule has 0 spiro atoms. The van der Waals surface area contributed by atoms with Gasteiger partial charge in [0, 0.05) is 36.2 Å². The molecular weight excluding hydrogens is 460 g/mol. The van der Waals surface area contributed by atoms with Crippen LogP contribution in [0.15, 0.2) is 42.5 Å². The lowest BCUT2D eigenvalue weighted by Gasteiger charge is -2.29. The first-order valence-corrected chi connectivity index (χ1v) is 12.8. The number of rotatable bonds is 6. The number of amides is 1. The summed E-state index contributed by atoms with van der Waals surface area (Å²) in [6, 6.07) is 13.6. The molecule has 1 aliphatic heterocycles. The largest absolute Gasteiger partial charge is 0.449 e. The lowest BCUT2D eigenvalue weighted by molar-refractivity contribution is -0.124. The molecule has 1 atom stereocenters.